The Labute approximate surface area is 67.4 Å². The molecule has 64 valence electrons. The van der Waals surface area contributed by atoms with Gasteiger partial charge in [-0.15, -0.1) is 0 Å². The first-order chi connectivity index (χ1) is 5.65. The molecule has 0 aliphatic carbocycles. The SMILES string of the molecule is O=Cc1ccc(O)c([N+](=O)[O-])c1.[Rf]. The summed E-state index contributed by atoms with van der Waals surface area (Å²) in [4.78, 5) is 19.7. The Morgan fingerprint density at radius 1 is 1.46 bits per heavy atom. The van der Waals surface area contributed by atoms with Gasteiger partial charge >= 0.3 is 5.69 Å². The van der Waals surface area contributed by atoms with Gasteiger partial charge in [0, 0.05) is 11.6 Å². The number of phenols is 1. The maximum atomic E-state index is 10.2. The Morgan fingerprint density at radius 3 is 2.54 bits per heavy atom. The van der Waals surface area contributed by atoms with Crippen LogP contribution in [0.1, 0.15) is 10.4 Å². The monoisotopic (exact) mass is 434 g/mol. The van der Waals surface area contributed by atoms with Gasteiger partial charge in [-0.1, -0.05) is 0 Å². The van der Waals surface area contributed by atoms with Crippen LogP contribution in [0.3, 0.4) is 0 Å². The zero-order chi connectivity index (χ0) is 9.14. The number of benzene rings is 1. The molecule has 0 saturated carbocycles. The van der Waals surface area contributed by atoms with E-state index in [1.54, 1.807) is 0 Å². The first kappa shape index (κ1) is 10.1. The normalized spacial score (nSPS) is 8.62. The first-order valence-corrected chi connectivity index (χ1v) is 3.07. The summed E-state index contributed by atoms with van der Waals surface area (Å²) in [6, 6.07) is 3.43. The molecule has 0 bridgehead atoms. The van der Waals surface area contributed by atoms with Crippen molar-refractivity contribution in [3.63, 3.8) is 0 Å². The van der Waals surface area contributed by atoms with Gasteiger partial charge in [0.1, 0.15) is 6.29 Å². The smallest absolute Gasteiger partial charge is 0.311 e. The standard InChI is InChI=1S/C7H5NO4.Rf/c9-4-5-1-2-7(10)6(3-5)8(11)12;/h1-4,10H;. The number of nitrogens with zero attached hydrogens (tertiary/aromatic N) is 1. The van der Waals surface area contributed by atoms with E-state index in [1.165, 1.54) is 6.07 Å². The molecule has 0 aliphatic heterocycles. The molecule has 1 aromatic rings. The Hall–Kier alpha value is -2.91. The summed E-state index contributed by atoms with van der Waals surface area (Å²) in [5, 5.41) is 19.2. The molecule has 0 radical (unpaired) electrons. The number of aromatic hydroxyl groups is 1. The molecule has 0 heterocycles. The summed E-state index contributed by atoms with van der Waals surface area (Å²) in [6.07, 6.45) is 0.479. The topological polar surface area (TPSA) is 80.4 Å². The van der Waals surface area contributed by atoms with Gasteiger partial charge in [-0.3, -0.25) is 14.9 Å². The summed E-state index contributed by atoms with van der Waals surface area (Å²) in [6.45, 7) is 0. The number of phenolic OH excluding ortho intramolecular Hbond substituents is 1. The molecule has 1 aromatic carbocycles. The molecule has 1 rings (SSSR count). The second kappa shape index (κ2) is 3.47. The van der Waals surface area contributed by atoms with E-state index in [0.717, 1.165) is 12.1 Å². The summed E-state index contributed by atoms with van der Waals surface area (Å²) < 4.78 is 0. The molecule has 6 heteroatoms. The van der Waals surface area contributed by atoms with Crippen molar-refractivity contribution in [2.24, 2.45) is 0 Å². The Bertz CT molecular complexity index is 339. The Morgan fingerprint density at radius 2 is 2.08 bits per heavy atom. The van der Waals surface area contributed by atoms with Gasteiger partial charge in [0.25, 0.3) is 0 Å². The van der Waals surface area contributed by atoms with Crippen LogP contribution in [0.2, 0.25) is 0 Å². The molecular formula is C7H5NO4Rf. The fourth-order valence-electron chi connectivity index (χ4n) is 0.760. The minimum absolute atomic E-state index is 0. The number of hydrogen-bond acceptors (Lipinski definition) is 4. The van der Waals surface area contributed by atoms with E-state index >= 15 is 0 Å². The van der Waals surface area contributed by atoms with Crippen LogP contribution in [0.15, 0.2) is 18.2 Å². The van der Waals surface area contributed by atoms with Crippen LogP contribution in [0.25, 0.3) is 0 Å². The molecule has 13 heavy (non-hydrogen) atoms. The largest absolute Gasteiger partial charge is 0.502 e. The van der Waals surface area contributed by atoms with Crippen molar-refractivity contribution in [1.82, 2.24) is 0 Å². The fraction of sp³-hybridized carbons (Fsp3) is 0. The fourth-order valence-corrected chi connectivity index (χ4v) is 0.760. The Balaban J connectivity index is 0.00000144. The summed E-state index contributed by atoms with van der Waals surface area (Å²) in [5.41, 5.74) is -0.292. The van der Waals surface area contributed by atoms with Gasteiger partial charge < -0.3 is 5.11 Å². The molecule has 0 unspecified atom stereocenters. The summed E-state index contributed by atoms with van der Waals surface area (Å²) in [7, 11) is 0. The predicted octanol–water partition coefficient (Wildman–Crippen LogP) is 1.11. The van der Waals surface area contributed by atoms with Gasteiger partial charge in [0.05, 0.1) is 4.92 Å². The minimum atomic E-state index is -0.748. The van der Waals surface area contributed by atoms with Crippen LogP contribution < -0.4 is 0 Å². The number of carbonyl (C=O) groups is 1. The van der Waals surface area contributed by atoms with Crippen molar-refractivity contribution in [3.05, 3.63) is 33.9 Å². The maximum absolute atomic E-state index is 10.2. The van der Waals surface area contributed by atoms with Crippen molar-refractivity contribution < 1.29 is 14.8 Å². The van der Waals surface area contributed by atoms with Gasteiger partial charge in [0.15, 0.2) is 5.75 Å². The van der Waals surface area contributed by atoms with E-state index in [9.17, 15) is 14.9 Å². The Kier molecular flexibility index (Phi) is 2.69. The van der Waals surface area contributed by atoms with Gasteiger partial charge in [-0.25, -0.2) is 0 Å². The number of nitro groups is 1. The van der Waals surface area contributed by atoms with Crippen LogP contribution in [-0.4, -0.2) is 16.3 Å². The number of rotatable bonds is 2. The third-order valence-corrected chi connectivity index (χ3v) is 1.33. The maximum Gasteiger partial charge on any atom is 0.311 e. The van der Waals surface area contributed by atoms with Gasteiger partial charge in [-0.05, 0) is 12.1 Å². The van der Waals surface area contributed by atoms with E-state index in [2.05, 4.69) is 0 Å². The van der Waals surface area contributed by atoms with Crippen molar-refractivity contribution >= 4 is 12.0 Å². The van der Waals surface area contributed by atoms with Crippen LogP contribution in [-0.2, 0) is 0 Å². The molecule has 0 saturated heterocycles. The molecule has 0 spiro atoms. The third kappa shape index (κ3) is 1.76. The summed E-state index contributed by atoms with van der Waals surface area (Å²) in [5.74, 6) is -0.439. The molecule has 0 atom stereocenters. The van der Waals surface area contributed by atoms with E-state index in [1.807, 2.05) is 0 Å². The van der Waals surface area contributed by atoms with Gasteiger partial charge in [-0.2, -0.15) is 0 Å². The van der Waals surface area contributed by atoms with Crippen molar-refractivity contribution in [3.8, 4) is 5.75 Å². The number of aldehydes is 1. The molecule has 0 aliphatic rings. The van der Waals surface area contributed by atoms with E-state index in [0.29, 0.717) is 6.29 Å². The summed E-state index contributed by atoms with van der Waals surface area (Å²) >= 11 is 0. The van der Waals surface area contributed by atoms with Crippen LogP contribution in [0.5, 0.6) is 5.75 Å². The molecule has 0 amide bonds. The van der Waals surface area contributed by atoms with Crippen LogP contribution in [0, 0.1) is 10.1 Å². The van der Waals surface area contributed by atoms with Crippen molar-refractivity contribution in [2.45, 2.75) is 0 Å². The van der Waals surface area contributed by atoms with E-state index < -0.39 is 16.4 Å². The minimum Gasteiger partial charge on any atom is -0.502 e. The second-order valence-electron chi connectivity index (χ2n) is 2.12. The van der Waals surface area contributed by atoms with E-state index in [4.69, 9.17) is 5.11 Å². The second-order valence-corrected chi connectivity index (χ2v) is 2.12. The molecule has 0 aromatic heterocycles. The predicted molar refractivity (Wildman–Crippen MR) is 40.1 cm³/mol. The zero-order valence-electron chi connectivity index (χ0n) is 6.64. The quantitative estimate of drug-likeness (QED) is 0.430. The van der Waals surface area contributed by atoms with Crippen molar-refractivity contribution in [2.75, 3.05) is 0 Å². The average molecular weight is 434 g/mol. The van der Waals surface area contributed by atoms with Crippen LogP contribution in [0.4, 0.5) is 5.69 Å². The van der Waals surface area contributed by atoms with Crippen molar-refractivity contribution in [1.29, 1.82) is 0 Å². The number of nitro benzene ring substituents is 1. The zero-order valence-corrected chi connectivity index (χ0v) is 13.0. The molecule has 0 fully saturated rings. The molecular weight excluding hydrogens is 429 g/mol. The molecule has 1 N–H and O–H groups in total. The molecule has 5 nitrogen and oxygen atoms in total. The van der Waals surface area contributed by atoms with Crippen LogP contribution >= 0.6 is 0 Å². The van der Waals surface area contributed by atoms with E-state index in [-0.39, 0.29) is 5.56 Å². The van der Waals surface area contributed by atoms with Gasteiger partial charge in [0.2, 0.25) is 0 Å². The number of hydrogen-bond donors (Lipinski definition) is 1. The average Bonchev–Trinajstić information content (AvgIpc) is 2.05. The third-order valence-electron chi connectivity index (χ3n) is 1.33. The first-order valence-electron chi connectivity index (χ1n) is 3.07. The number of carbonyl (C=O) groups excluding carboxylic acids is 1.